The highest BCUT2D eigenvalue weighted by atomic mass is 35.5. The van der Waals surface area contributed by atoms with Gasteiger partial charge in [0, 0.05) is 0 Å². The van der Waals surface area contributed by atoms with Gasteiger partial charge in [-0.1, -0.05) is 23.7 Å². The van der Waals surface area contributed by atoms with Gasteiger partial charge in [-0.05, 0) is 26.1 Å². The molecule has 4 nitrogen and oxygen atoms in total. The summed E-state index contributed by atoms with van der Waals surface area (Å²) in [4.78, 5) is 0. The standard InChI is InChI=1S/C12H14ClN3O/c1-9(14-2)16-8-10(7-15-16)17-12-6-4-3-5-11(12)13/h3-9,14H,1-2H3. The van der Waals surface area contributed by atoms with Crippen LogP contribution in [0.2, 0.25) is 5.02 Å². The minimum Gasteiger partial charge on any atom is -0.452 e. The molecule has 5 heteroatoms. The smallest absolute Gasteiger partial charge is 0.165 e. The number of aromatic nitrogens is 2. The molecule has 0 aliphatic rings. The molecule has 1 atom stereocenters. The van der Waals surface area contributed by atoms with Gasteiger partial charge in [0.25, 0.3) is 0 Å². The molecule has 1 aromatic carbocycles. The van der Waals surface area contributed by atoms with Gasteiger partial charge in [0.1, 0.15) is 5.75 Å². The Bertz CT molecular complexity index is 498. The number of hydrogen-bond acceptors (Lipinski definition) is 3. The zero-order chi connectivity index (χ0) is 12.3. The molecule has 0 spiro atoms. The Morgan fingerprint density at radius 1 is 1.41 bits per heavy atom. The van der Waals surface area contributed by atoms with E-state index in [-0.39, 0.29) is 6.17 Å². The van der Waals surface area contributed by atoms with Gasteiger partial charge in [-0.25, -0.2) is 0 Å². The Labute approximate surface area is 105 Å². The van der Waals surface area contributed by atoms with Crippen LogP contribution in [0.5, 0.6) is 11.5 Å². The van der Waals surface area contributed by atoms with Gasteiger partial charge in [0.15, 0.2) is 5.75 Å². The second kappa shape index (κ2) is 5.21. The third-order valence-corrected chi connectivity index (χ3v) is 2.77. The molecule has 0 bridgehead atoms. The topological polar surface area (TPSA) is 39.1 Å². The summed E-state index contributed by atoms with van der Waals surface area (Å²) in [7, 11) is 1.88. The molecule has 0 aliphatic heterocycles. The Hall–Kier alpha value is -1.52. The molecule has 0 saturated carbocycles. The van der Waals surface area contributed by atoms with Gasteiger partial charge in [0.05, 0.1) is 23.6 Å². The molecule has 0 radical (unpaired) electrons. The fraction of sp³-hybridized carbons (Fsp3) is 0.250. The average molecular weight is 252 g/mol. The molecule has 0 saturated heterocycles. The lowest BCUT2D eigenvalue weighted by molar-refractivity contribution is 0.428. The molecule has 1 N–H and O–H groups in total. The maximum Gasteiger partial charge on any atom is 0.165 e. The van der Waals surface area contributed by atoms with Gasteiger partial charge in [-0.2, -0.15) is 5.10 Å². The normalized spacial score (nSPS) is 12.4. The van der Waals surface area contributed by atoms with Crippen LogP contribution in [0.1, 0.15) is 13.1 Å². The zero-order valence-electron chi connectivity index (χ0n) is 9.72. The molecule has 1 unspecified atom stereocenters. The van der Waals surface area contributed by atoms with Crippen LogP contribution in [0.3, 0.4) is 0 Å². The van der Waals surface area contributed by atoms with Crippen molar-refractivity contribution in [1.82, 2.24) is 15.1 Å². The second-order valence-corrected chi connectivity index (χ2v) is 4.06. The first-order valence-corrected chi connectivity index (χ1v) is 5.72. The van der Waals surface area contributed by atoms with E-state index >= 15 is 0 Å². The van der Waals surface area contributed by atoms with E-state index in [1.165, 1.54) is 0 Å². The summed E-state index contributed by atoms with van der Waals surface area (Å²) in [5.74, 6) is 1.30. The molecule has 1 heterocycles. The first kappa shape index (κ1) is 12.0. The van der Waals surface area contributed by atoms with Gasteiger partial charge in [-0.3, -0.25) is 10.00 Å². The van der Waals surface area contributed by atoms with Gasteiger partial charge >= 0.3 is 0 Å². The predicted octanol–water partition coefficient (Wildman–Crippen LogP) is 3.07. The summed E-state index contributed by atoms with van der Waals surface area (Å²) in [6.07, 6.45) is 3.61. The van der Waals surface area contributed by atoms with Crippen molar-refractivity contribution in [3.63, 3.8) is 0 Å². The Morgan fingerprint density at radius 3 is 2.88 bits per heavy atom. The Kier molecular flexibility index (Phi) is 3.66. The molecule has 0 fully saturated rings. The van der Waals surface area contributed by atoms with Crippen LogP contribution >= 0.6 is 11.6 Å². The lowest BCUT2D eigenvalue weighted by Crippen LogP contribution is -2.19. The summed E-state index contributed by atoms with van der Waals surface area (Å²) < 4.78 is 7.43. The first-order chi connectivity index (χ1) is 8.20. The highest BCUT2D eigenvalue weighted by Crippen LogP contribution is 2.28. The lowest BCUT2D eigenvalue weighted by Gasteiger charge is -2.09. The summed E-state index contributed by atoms with van der Waals surface area (Å²) >= 11 is 6.01. The minimum absolute atomic E-state index is 0.124. The van der Waals surface area contributed by atoms with E-state index in [9.17, 15) is 0 Å². The van der Waals surface area contributed by atoms with Gasteiger partial charge in [-0.15, -0.1) is 0 Å². The van der Waals surface area contributed by atoms with E-state index in [0.717, 1.165) is 0 Å². The fourth-order valence-corrected chi connectivity index (χ4v) is 1.55. The number of nitrogens with one attached hydrogen (secondary N) is 1. The molecule has 0 amide bonds. The molecule has 2 aromatic rings. The van der Waals surface area contributed by atoms with Crippen molar-refractivity contribution in [1.29, 1.82) is 0 Å². The minimum atomic E-state index is 0.124. The number of rotatable bonds is 4. The highest BCUT2D eigenvalue weighted by Gasteiger charge is 2.07. The van der Waals surface area contributed by atoms with E-state index < -0.39 is 0 Å². The van der Waals surface area contributed by atoms with Crippen molar-refractivity contribution in [2.75, 3.05) is 7.05 Å². The van der Waals surface area contributed by atoms with Crippen LogP contribution in [0.25, 0.3) is 0 Å². The van der Waals surface area contributed by atoms with Gasteiger partial charge < -0.3 is 4.74 Å². The van der Waals surface area contributed by atoms with Crippen molar-refractivity contribution in [2.24, 2.45) is 0 Å². The second-order valence-electron chi connectivity index (χ2n) is 3.65. The first-order valence-electron chi connectivity index (χ1n) is 5.34. The molecular weight excluding hydrogens is 238 g/mol. The SMILES string of the molecule is CNC(C)n1cc(Oc2ccccc2Cl)cn1. The molecular formula is C12H14ClN3O. The Balaban J connectivity index is 2.14. The van der Waals surface area contributed by atoms with Crippen LogP contribution in [0, 0.1) is 0 Å². The monoisotopic (exact) mass is 251 g/mol. The number of benzene rings is 1. The number of nitrogens with zero attached hydrogens (tertiary/aromatic N) is 2. The van der Waals surface area contributed by atoms with Crippen molar-refractivity contribution >= 4 is 11.6 Å². The summed E-state index contributed by atoms with van der Waals surface area (Å²) in [6.45, 7) is 2.01. The average Bonchev–Trinajstić information content (AvgIpc) is 2.80. The third kappa shape index (κ3) is 2.78. The quantitative estimate of drug-likeness (QED) is 0.908. The molecule has 17 heavy (non-hydrogen) atoms. The predicted molar refractivity (Wildman–Crippen MR) is 67.5 cm³/mol. The van der Waals surface area contributed by atoms with E-state index in [1.807, 2.05) is 38.4 Å². The van der Waals surface area contributed by atoms with Crippen molar-refractivity contribution in [2.45, 2.75) is 13.1 Å². The van der Waals surface area contributed by atoms with Crippen molar-refractivity contribution < 1.29 is 4.74 Å². The number of para-hydroxylation sites is 1. The molecule has 0 aliphatic carbocycles. The molecule has 2 rings (SSSR count). The summed E-state index contributed by atoms with van der Waals surface area (Å²) in [5.41, 5.74) is 0. The van der Waals surface area contributed by atoms with Crippen LogP contribution in [0.15, 0.2) is 36.7 Å². The number of halogens is 1. The van der Waals surface area contributed by atoms with Crippen LogP contribution in [-0.2, 0) is 0 Å². The van der Waals surface area contributed by atoms with E-state index in [2.05, 4.69) is 10.4 Å². The molecule has 90 valence electrons. The van der Waals surface area contributed by atoms with Crippen LogP contribution in [-0.4, -0.2) is 16.8 Å². The maximum atomic E-state index is 6.01. The fourth-order valence-electron chi connectivity index (χ4n) is 1.37. The zero-order valence-corrected chi connectivity index (χ0v) is 10.5. The summed E-state index contributed by atoms with van der Waals surface area (Å²) in [5, 5.41) is 7.87. The number of ether oxygens (including phenoxy) is 1. The summed E-state index contributed by atoms with van der Waals surface area (Å²) in [6, 6.07) is 7.35. The lowest BCUT2D eigenvalue weighted by atomic mass is 10.3. The third-order valence-electron chi connectivity index (χ3n) is 2.46. The van der Waals surface area contributed by atoms with Crippen LogP contribution in [0.4, 0.5) is 0 Å². The highest BCUT2D eigenvalue weighted by molar-refractivity contribution is 6.32. The molecule has 1 aromatic heterocycles. The van der Waals surface area contributed by atoms with E-state index in [0.29, 0.717) is 16.5 Å². The van der Waals surface area contributed by atoms with Gasteiger partial charge in [0.2, 0.25) is 0 Å². The van der Waals surface area contributed by atoms with Crippen molar-refractivity contribution in [3.8, 4) is 11.5 Å². The van der Waals surface area contributed by atoms with E-state index in [1.54, 1.807) is 16.9 Å². The maximum absolute atomic E-state index is 6.01. The van der Waals surface area contributed by atoms with Crippen molar-refractivity contribution in [3.05, 3.63) is 41.7 Å². The van der Waals surface area contributed by atoms with E-state index in [4.69, 9.17) is 16.3 Å². The number of hydrogen-bond donors (Lipinski definition) is 1. The Morgan fingerprint density at radius 2 is 2.18 bits per heavy atom. The van der Waals surface area contributed by atoms with Crippen LogP contribution < -0.4 is 10.1 Å². The largest absolute Gasteiger partial charge is 0.452 e.